The molecule has 13 nitrogen and oxygen atoms in total. The van der Waals surface area contributed by atoms with Crippen molar-refractivity contribution in [1.29, 1.82) is 0 Å². The Kier molecular flexibility index (Phi) is 7.96. The summed E-state index contributed by atoms with van der Waals surface area (Å²) in [5.74, 6) is -3.13. The van der Waals surface area contributed by atoms with Crippen LogP contribution in [-0.2, 0) is 16.6 Å². The first-order valence-corrected chi connectivity index (χ1v) is 18.9. The highest BCUT2D eigenvalue weighted by Gasteiger charge is 2.48. The summed E-state index contributed by atoms with van der Waals surface area (Å²) in [5.41, 5.74) is 2.92. The minimum absolute atomic E-state index is 0.0183. The number of rotatable bonds is 4. The second kappa shape index (κ2) is 12.5. The predicted octanol–water partition coefficient (Wildman–Crippen LogP) is 3.66. The largest absolute Gasteiger partial charge is 0.381 e. The number of benzene rings is 2. The molecule has 276 valence electrons. The summed E-state index contributed by atoms with van der Waals surface area (Å²) in [4.78, 5) is 61.7. The molecule has 2 aromatic carbocycles. The van der Waals surface area contributed by atoms with Gasteiger partial charge in [0.2, 0.25) is 11.8 Å². The molecule has 0 aliphatic carbocycles. The number of thiophene rings is 1. The van der Waals surface area contributed by atoms with E-state index in [4.69, 9.17) is 4.98 Å². The van der Waals surface area contributed by atoms with Crippen LogP contribution in [0.4, 0.5) is 26.0 Å². The number of aryl methyl sites for hydroxylation is 1. The van der Waals surface area contributed by atoms with E-state index in [1.807, 2.05) is 30.0 Å². The van der Waals surface area contributed by atoms with Crippen LogP contribution in [0, 0.1) is 0 Å². The highest BCUT2D eigenvalue weighted by molar-refractivity contribution is 7.21. The maximum Gasteiger partial charge on any atom is 0.329 e. The summed E-state index contributed by atoms with van der Waals surface area (Å²) < 4.78 is 35.8. The van der Waals surface area contributed by atoms with Gasteiger partial charge in [-0.15, -0.1) is 11.3 Å². The van der Waals surface area contributed by atoms with Crippen molar-refractivity contribution >= 4 is 78.3 Å². The van der Waals surface area contributed by atoms with Crippen LogP contribution in [0.25, 0.3) is 32.0 Å². The van der Waals surface area contributed by atoms with Crippen LogP contribution >= 0.6 is 11.3 Å². The first-order chi connectivity index (χ1) is 25.5. The number of hydrogen-bond acceptors (Lipinski definition) is 10. The van der Waals surface area contributed by atoms with Gasteiger partial charge in [-0.25, -0.2) is 18.6 Å². The van der Waals surface area contributed by atoms with E-state index in [1.54, 1.807) is 30.1 Å². The van der Waals surface area contributed by atoms with Crippen LogP contribution in [0.1, 0.15) is 41.9 Å². The first-order valence-electron chi connectivity index (χ1n) is 18.0. The zero-order valence-electron chi connectivity index (χ0n) is 29.3. The van der Waals surface area contributed by atoms with Crippen molar-refractivity contribution in [2.75, 3.05) is 60.9 Å². The molecule has 3 amide bonds. The molecular weight excluding hydrogens is 705 g/mol. The number of fused-ring (bicyclic) bond motifs is 6. The average Bonchev–Trinajstić information content (AvgIpc) is 3.59. The molecule has 16 heteroatoms. The molecule has 53 heavy (non-hydrogen) atoms. The Bertz CT molecular complexity index is 2400. The molecule has 3 atom stereocenters. The maximum absolute atomic E-state index is 16.0. The number of alkyl halides is 2. The van der Waals surface area contributed by atoms with Crippen molar-refractivity contribution in [1.82, 2.24) is 29.7 Å². The second-order valence-electron chi connectivity index (χ2n) is 14.6. The summed E-state index contributed by atoms with van der Waals surface area (Å²) in [6.45, 7) is 4.69. The lowest BCUT2D eigenvalue weighted by Crippen LogP contribution is -2.62. The molecule has 3 fully saturated rings. The SMILES string of the molecule is C[C@@H]1CNc2c(sc3ccc4nc(N5CCN([C@@H]6CCN(c7ccc8c(c7)n(C)c(=O)n8C7CCC(=O)NC7=O)CC6(F)F)CC5)ccc4c23)C(=O)N1. The molecule has 0 bridgehead atoms. The Hall–Kier alpha value is -5.09. The van der Waals surface area contributed by atoms with E-state index in [0.717, 1.165) is 32.5 Å². The Labute approximate surface area is 306 Å². The quantitative estimate of drug-likeness (QED) is 0.236. The minimum atomic E-state index is -2.98. The first kappa shape index (κ1) is 33.7. The van der Waals surface area contributed by atoms with Gasteiger partial charge in [-0.3, -0.25) is 33.7 Å². The van der Waals surface area contributed by atoms with Crippen molar-refractivity contribution < 1.29 is 23.2 Å². The van der Waals surface area contributed by atoms with Gasteiger partial charge in [0.05, 0.1) is 34.8 Å². The number of amides is 3. The molecule has 1 unspecified atom stereocenters. The normalized spacial score (nSPS) is 23.9. The lowest BCUT2D eigenvalue weighted by molar-refractivity contribution is -0.135. The number of anilines is 3. The summed E-state index contributed by atoms with van der Waals surface area (Å²) in [6.07, 6.45) is 0.636. The maximum atomic E-state index is 16.0. The average molecular weight is 744 g/mol. The van der Waals surface area contributed by atoms with E-state index in [-0.39, 0.29) is 37.1 Å². The van der Waals surface area contributed by atoms with Crippen LogP contribution in [0.5, 0.6) is 0 Å². The van der Waals surface area contributed by atoms with Gasteiger partial charge < -0.3 is 20.4 Å². The van der Waals surface area contributed by atoms with Crippen LogP contribution in [-0.4, -0.2) is 101 Å². The third-order valence-corrected chi connectivity index (χ3v) is 12.4. The van der Waals surface area contributed by atoms with E-state index in [9.17, 15) is 19.2 Å². The summed E-state index contributed by atoms with van der Waals surface area (Å²) in [5, 5.41) is 10.8. The van der Waals surface area contributed by atoms with Crippen molar-refractivity contribution in [2.45, 2.75) is 50.2 Å². The van der Waals surface area contributed by atoms with Crippen molar-refractivity contribution in [2.24, 2.45) is 7.05 Å². The lowest BCUT2D eigenvalue weighted by Gasteiger charge is -2.47. The number of piperazine rings is 1. The zero-order chi connectivity index (χ0) is 36.8. The van der Waals surface area contributed by atoms with Gasteiger partial charge in [0.1, 0.15) is 16.7 Å². The zero-order valence-corrected chi connectivity index (χ0v) is 30.1. The number of carbonyl (C=O) groups excluding carboxylic acids is 3. The summed E-state index contributed by atoms with van der Waals surface area (Å²) in [6, 6.07) is 11.5. The molecule has 7 heterocycles. The number of imide groups is 1. The molecule has 3 aromatic heterocycles. The highest BCUT2D eigenvalue weighted by atomic mass is 32.1. The lowest BCUT2D eigenvalue weighted by atomic mass is 9.97. The molecule has 5 aromatic rings. The van der Waals surface area contributed by atoms with Crippen molar-refractivity contribution in [3.8, 4) is 0 Å². The number of nitrogens with zero attached hydrogens (tertiary/aromatic N) is 6. The monoisotopic (exact) mass is 743 g/mol. The van der Waals surface area contributed by atoms with Gasteiger partial charge in [-0.1, -0.05) is 0 Å². The van der Waals surface area contributed by atoms with Crippen LogP contribution < -0.4 is 31.4 Å². The summed E-state index contributed by atoms with van der Waals surface area (Å²) in [7, 11) is 1.60. The number of pyridine rings is 1. The number of aromatic nitrogens is 3. The van der Waals surface area contributed by atoms with Gasteiger partial charge in [0.25, 0.3) is 11.8 Å². The molecule has 0 radical (unpaired) electrons. The molecule has 4 aliphatic heterocycles. The molecule has 0 saturated carbocycles. The third kappa shape index (κ3) is 5.61. The minimum Gasteiger partial charge on any atom is -0.381 e. The Morgan fingerprint density at radius 1 is 0.925 bits per heavy atom. The fourth-order valence-corrected chi connectivity index (χ4v) is 9.63. The number of imidazole rings is 1. The van der Waals surface area contributed by atoms with Crippen molar-refractivity contribution in [3.63, 3.8) is 0 Å². The van der Waals surface area contributed by atoms with Gasteiger partial charge >= 0.3 is 5.69 Å². The topological polar surface area (TPSA) is 137 Å². The van der Waals surface area contributed by atoms with Crippen LogP contribution in [0.2, 0.25) is 0 Å². The van der Waals surface area contributed by atoms with Crippen LogP contribution in [0.3, 0.4) is 0 Å². The Morgan fingerprint density at radius 2 is 1.74 bits per heavy atom. The fourth-order valence-electron chi connectivity index (χ4n) is 8.53. The number of halogens is 2. The second-order valence-corrected chi connectivity index (χ2v) is 15.7. The van der Waals surface area contributed by atoms with Gasteiger partial charge in [0.15, 0.2) is 0 Å². The third-order valence-electron chi connectivity index (χ3n) is 11.3. The Morgan fingerprint density at radius 3 is 2.51 bits per heavy atom. The van der Waals surface area contributed by atoms with E-state index in [1.165, 1.54) is 20.5 Å². The molecule has 4 aliphatic rings. The molecule has 9 rings (SSSR count). The standard InChI is InChI=1S/C37H39F2N9O4S/c1-20-18-40-32-31-22-4-9-29(42-23(22)5-8-27(31)53-33(32)35(51)41-20)46-15-13-45(14-16-46)28-11-12-47(19-37(28,38)39)21-3-6-24-26(17-21)44(2)36(52)48(24)25-7-10-30(49)43-34(25)50/h3-6,8-9,17,20,25,28,40H,7,10-16,18-19H2,1-2H3,(H,41,51)(H,43,49,50)/t20-,25?,28-/m1/s1. The van der Waals surface area contributed by atoms with E-state index in [2.05, 4.69) is 26.9 Å². The molecular formula is C37H39F2N9O4S. The predicted molar refractivity (Wildman–Crippen MR) is 200 cm³/mol. The van der Waals surface area contributed by atoms with Gasteiger partial charge in [0, 0.05) is 79.9 Å². The number of nitrogens with one attached hydrogen (secondary N) is 3. The van der Waals surface area contributed by atoms with Gasteiger partial charge in [-0.2, -0.15) is 0 Å². The summed E-state index contributed by atoms with van der Waals surface area (Å²) >= 11 is 1.47. The Balaban J connectivity index is 0.885. The number of piperidine rings is 2. The fraction of sp³-hybridized carbons (Fsp3) is 0.432. The molecule has 3 N–H and O–H groups in total. The number of carbonyl (C=O) groups is 3. The van der Waals surface area contributed by atoms with E-state index < -0.39 is 36.1 Å². The molecule has 3 saturated heterocycles. The smallest absolute Gasteiger partial charge is 0.329 e. The van der Waals surface area contributed by atoms with Crippen molar-refractivity contribution in [3.05, 3.63) is 57.8 Å². The van der Waals surface area contributed by atoms with E-state index in [0.29, 0.717) is 60.9 Å². The van der Waals surface area contributed by atoms with Crippen LogP contribution in [0.15, 0.2) is 47.3 Å². The highest BCUT2D eigenvalue weighted by Crippen LogP contribution is 2.41. The molecule has 0 spiro atoms. The van der Waals surface area contributed by atoms with Gasteiger partial charge in [-0.05, 0) is 62.2 Å². The van der Waals surface area contributed by atoms with E-state index >= 15 is 8.78 Å². The number of hydrogen-bond donors (Lipinski definition) is 3.